The summed E-state index contributed by atoms with van der Waals surface area (Å²) in [4.78, 5) is 28.3. The van der Waals surface area contributed by atoms with Crippen LogP contribution in [0.5, 0.6) is 0 Å². The van der Waals surface area contributed by atoms with Crippen LogP contribution < -0.4 is 5.32 Å². The van der Waals surface area contributed by atoms with E-state index in [1.165, 1.54) is 4.90 Å². The molecule has 0 spiro atoms. The number of hydrogen-bond donors (Lipinski definition) is 1. The van der Waals surface area contributed by atoms with Crippen molar-refractivity contribution >= 4 is 12.1 Å². The first kappa shape index (κ1) is 13.6. The van der Waals surface area contributed by atoms with Crippen LogP contribution in [0.25, 0.3) is 0 Å². The van der Waals surface area contributed by atoms with Gasteiger partial charge < -0.3 is 20.0 Å². The van der Waals surface area contributed by atoms with E-state index in [-0.39, 0.29) is 23.6 Å². The largest absolute Gasteiger partial charge is 0.331 e. The summed E-state index contributed by atoms with van der Waals surface area (Å²) in [5, 5.41) is 2.87. The lowest BCUT2D eigenvalue weighted by Gasteiger charge is -2.48. The molecule has 1 rings (SSSR count). The summed E-state index contributed by atoms with van der Waals surface area (Å²) < 4.78 is 0. The van der Waals surface area contributed by atoms with Gasteiger partial charge >= 0.3 is 12.1 Å². The summed E-state index contributed by atoms with van der Waals surface area (Å²) in [5.74, 6) is 0. The second-order valence-corrected chi connectivity index (χ2v) is 5.48. The van der Waals surface area contributed by atoms with E-state index in [2.05, 4.69) is 5.32 Å². The fraction of sp³-hybridized carbons (Fsp3) is 0.818. The molecule has 1 unspecified atom stereocenters. The van der Waals surface area contributed by atoms with Crippen molar-refractivity contribution in [2.75, 3.05) is 34.7 Å². The number of nitrogens with one attached hydrogen (secondary N) is 1. The molecule has 0 aliphatic carbocycles. The Morgan fingerprint density at radius 2 is 1.94 bits per heavy atom. The minimum Gasteiger partial charge on any atom is -0.331 e. The number of hydrogen-bond acceptors (Lipinski definition) is 2. The van der Waals surface area contributed by atoms with Crippen molar-refractivity contribution in [2.24, 2.45) is 5.41 Å². The molecule has 0 aromatic rings. The summed E-state index contributed by atoms with van der Waals surface area (Å²) in [7, 11) is 6.84. The molecule has 17 heavy (non-hydrogen) atoms. The Balaban J connectivity index is 2.87. The van der Waals surface area contributed by atoms with Gasteiger partial charge in [-0.05, 0) is 0 Å². The minimum atomic E-state index is -0.291. The topological polar surface area (TPSA) is 55.9 Å². The van der Waals surface area contributed by atoms with Gasteiger partial charge in [0.25, 0.3) is 0 Å². The van der Waals surface area contributed by atoms with Gasteiger partial charge in [-0.3, -0.25) is 0 Å². The second kappa shape index (κ2) is 4.43. The van der Waals surface area contributed by atoms with Gasteiger partial charge in [0.05, 0.1) is 0 Å². The summed E-state index contributed by atoms with van der Waals surface area (Å²) in [6, 6.07) is -0.263. The van der Waals surface area contributed by atoms with Gasteiger partial charge in [-0.15, -0.1) is 0 Å². The first-order valence-electron chi connectivity index (χ1n) is 5.62. The Kier molecular flexibility index (Phi) is 3.54. The van der Waals surface area contributed by atoms with Crippen LogP contribution in [0.3, 0.4) is 0 Å². The van der Waals surface area contributed by atoms with E-state index in [9.17, 15) is 9.59 Å². The zero-order chi connectivity index (χ0) is 13.4. The van der Waals surface area contributed by atoms with Gasteiger partial charge in [0.2, 0.25) is 0 Å². The number of nitrogens with zero attached hydrogens (tertiary/aromatic N) is 3. The van der Waals surface area contributed by atoms with Crippen LogP contribution >= 0.6 is 0 Å². The highest BCUT2D eigenvalue weighted by Crippen LogP contribution is 2.29. The molecule has 1 atom stereocenters. The molecule has 0 radical (unpaired) electrons. The standard InChI is InChI=1S/C11H22N4O2/c1-11(2)7-14(5)10(17)15(6)8(11)12-9(16)13(3)4/h8H,7H2,1-6H3,(H,12,16). The highest BCUT2D eigenvalue weighted by molar-refractivity contribution is 5.78. The van der Waals surface area contributed by atoms with Crippen LogP contribution in [0.1, 0.15) is 13.8 Å². The lowest BCUT2D eigenvalue weighted by atomic mass is 9.86. The van der Waals surface area contributed by atoms with Crippen molar-refractivity contribution < 1.29 is 9.59 Å². The quantitative estimate of drug-likeness (QED) is 0.732. The Hall–Kier alpha value is -1.46. The third-order valence-corrected chi connectivity index (χ3v) is 3.07. The van der Waals surface area contributed by atoms with Crippen LogP contribution in [-0.4, -0.2) is 67.7 Å². The second-order valence-electron chi connectivity index (χ2n) is 5.48. The van der Waals surface area contributed by atoms with E-state index in [1.807, 2.05) is 13.8 Å². The molecule has 1 aliphatic heterocycles. The van der Waals surface area contributed by atoms with Crippen molar-refractivity contribution in [1.29, 1.82) is 0 Å². The van der Waals surface area contributed by atoms with Gasteiger partial charge in [0.1, 0.15) is 6.17 Å². The summed E-state index contributed by atoms with van der Waals surface area (Å²) in [6.07, 6.45) is -0.291. The molecule has 4 amide bonds. The fourth-order valence-corrected chi connectivity index (χ4v) is 2.21. The van der Waals surface area contributed by atoms with Crippen molar-refractivity contribution in [3.63, 3.8) is 0 Å². The Morgan fingerprint density at radius 1 is 1.41 bits per heavy atom. The number of carbonyl (C=O) groups is 2. The molecule has 0 bridgehead atoms. The van der Waals surface area contributed by atoms with Crippen molar-refractivity contribution in [3.8, 4) is 0 Å². The Bertz CT molecular complexity index is 327. The highest BCUT2D eigenvalue weighted by Gasteiger charge is 2.43. The van der Waals surface area contributed by atoms with E-state index < -0.39 is 0 Å². The third-order valence-electron chi connectivity index (χ3n) is 3.07. The number of carbonyl (C=O) groups excluding carboxylic acids is 2. The predicted molar refractivity (Wildman–Crippen MR) is 65.6 cm³/mol. The number of urea groups is 2. The van der Waals surface area contributed by atoms with Crippen molar-refractivity contribution in [2.45, 2.75) is 20.0 Å². The molecule has 1 N–H and O–H groups in total. The molecule has 98 valence electrons. The zero-order valence-corrected chi connectivity index (χ0v) is 11.4. The fourth-order valence-electron chi connectivity index (χ4n) is 2.21. The van der Waals surface area contributed by atoms with E-state index in [1.54, 1.807) is 38.0 Å². The number of amides is 4. The van der Waals surface area contributed by atoms with Gasteiger partial charge in [0, 0.05) is 40.2 Å². The van der Waals surface area contributed by atoms with Crippen LogP contribution in [0, 0.1) is 5.41 Å². The van der Waals surface area contributed by atoms with E-state index in [4.69, 9.17) is 0 Å². The smallest absolute Gasteiger partial charge is 0.321 e. The average Bonchev–Trinajstić information content (AvgIpc) is 2.20. The summed E-state index contributed by atoms with van der Waals surface area (Å²) in [6.45, 7) is 4.69. The van der Waals surface area contributed by atoms with Crippen LogP contribution in [0.15, 0.2) is 0 Å². The zero-order valence-electron chi connectivity index (χ0n) is 11.4. The molecule has 6 nitrogen and oxygen atoms in total. The molecular formula is C11H22N4O2. The van der Waals surface area contributed by atoms with Crippen molar-refractivity contribution in [3.05, 3.63) is 0 Å². The van der Waals surface area contributed by atoms with Gasteiger partial charge in [-0.2, -0.15) is 0 Å². The maximum absolute atomic E-state index is 11.9. The van der Waals surface area contributed by atoms with E-state index in [0.29, 0.717) is 6.54 Å². The molecule has 0 saturated carbocycles. The Morgan fingerprint density at radius 3 is 2.41 bits per heavy atom. The predicted octanol–water partition coefficient (Wildman–Crippen LogP) is 0.607. The third kappa shape index (κ3) is 2.62. The average molecular weight is 242 g/mol. The maximum atomic E-state index is 11.9. The molecular weight excluding hydrogens is 220 g/mol. The highest BCUT2D eigenvalue weighted by atomic mass is 16.2. The molecule has 1 saturated heterocycles. The Labute approximate surface area is 103 Å². The van der Waals surface area contributed by atoms with Crippen LogP contribution in [0.4, 0.5) is 9.59 Å². The number of rotatable bonds is 1. The van der Waals surface area contributed by atoms with Crippen LogP contribution in [-0.2, 0) is 0 Å². The van der Waals surface area contributed by atoms with E-state index >= 15 is 0 Å². The molecule has 1 aliphatic rings. The summed E-state index contributed by atoms with van der Waals surface area (Å²) >= 11 is 0. The minimum absolute atomic E-state index is 0.0756. The molecule has 1 fully saturated rings. The first-order valence-corrected chi connectivity index (χ1v) is 5.62. The lowest BCUT2D eigenvalue weighted by Crippen LogP contribution is -2.66. The monoisotopic (exact) mass is 242 g/mol. The van der Waals surface area contributed by atoms with Gasteiger partial charge in [0.15, 0.2) is 0 Å². The van der Waals surface area contributed by atoms with Gasteiger partial charge in [-0.1, -0.05) is 13.8 Å². The summed E-state index contributed by atoms with van der Waals surface area (Å²) in [5.41, 5.74) is -0.191. The van der Waals surface area contributed by atoms with Crippen molar-refractivity contribution in [1.82, 2.24) is 20.0 Å². The van der Waals surface area contributed by atoms with Gasteiger partial charge in [-0.25, -0.2) is 9.59 Å². The molecule has 1 heterocycles. The maximum Gasteiger partial charge on any atom is 0.321 e. The molecule has 6 heteroatoms. The normalized spacial score (nSPS) is 23.6. The molecule has 0 aromatic heterocycles. The SMILES string of the molecule is CN(C)C(=O)NC1N(C)C(=O)N(C)CC1(C)C. The molecule has 0 aromatic carbocycles. The van der Waals surface area contributed by atoms with Crippen LogP contribution in [0.2, 0.25) is 0 Å². The van der Waals surface area contributed by atoms with E-state index in [0.717, 1.165) is 0 Å². The lowest BCUT2D eigenvalue weighted by molar-refractivity contribution is 0.0299. The first-order chi connectivity index (χ1) is 7.66.